The summed E-state index contributed by atoms with van der Waals surface area (Å²) in [4.78, 5) is 24.2. The van der Waals surface area contributed by atoms with Gasteiger partial charge in [0.25, 0.3) is 0 Å². The van der Waals surface area contributed by atoms with Crippen LogP contribution in [0.4, 0.5) is 4.79 Å². The molecular weight excluding hydrogens is 248 g/mol. The number of likely N-dealkylation sites (tertiary alicyclic amines) is 1. The molecule has 1 aliphatic heterocycles. The molecule has 1 saturated heterocycles. The van der Waals surface area contributed by atoms with Crippen LogP contribution in [0.1, 0.15) is 12.5 Å². The zero-order valence-corrected chi connectivity index (χ0v) is 11.0. The number of hydrogen-bond donors (Lipinski definition) is 2. The fourth-order valence-corrected chi connectivity index (χ4v) is 2.05. The van der Waals surface area contributed by atoms with Crippen molar-refractivity contribution < 1.29 is 14.7 Å². The van der Waals surface area contributed by atoms with E-state index in [9.17, 15) is 9.59 Å². The normalized spacial score (nSPS) is 16.8. The van der Waals surface area contributed by atoms with Gasteiger partial charge in [0.05, 0.1) is 12.1 Å². The Labute approximate surface area is 111 Å². The number of urea groups is 1. The van der Waals surface area contributed by atoms with Crippen LogP contribution in [0.25, 0.3) is 0 Å². The maximum atomic E-state index is 11.8. The Kier molecular flexibility index (Phi) is 3.73. The summed E-state index contributed by atoms with van der Waals surface area (Å²) in [6.45, 7) is 3.12. The summed E-state index contributed by atoms with van der Waals surface area (Å²) in [6.07, 6.45) is 3.54. The largest absolute Gasteiger partial charge is 0.481 e. The molecule has 0 spiro atoms. The Morgan fingerprint density at radius 2 is 2.26 bits per heavy atom. The number of nitrogens with zero attached hydrogens (tertiary/aromatic N) is 3. The third kappa shape index (κ3) is 3.04. The molecule has 2 rings (SSSR count). The van der Waals surface area contributed by atoms with Crippen LogP contribution in [0, 0.1) is 11.8 Å². The van der Waals surface area contributed by atoms with Gasteiger partial charge in [-0.3, -0.25) is 9.48 Å². The van der Waals surface area contributed by atoms with Crippen molar-refractivity contribution in [1.29, 1.82) is 0 Å². The Bertz CT molecular complexity index is 479. The molecule has 0 aliphatic carbocycles. The van der Waals surface area contributed by atoms with E-state index in [0.29, 0.717) is 19.6 Å². The predicted molar refractivity (Wildman–Crippen MR) is 67.3 cm³/mol. The molecule has 1 atom stereocenters. The van der Waals surface area contributed by atoms with Crippen molar-refractivity contribution in [3.8, 4) is 0 Å². The first kappa shape index (κ1) is 13.4. The Hall–Kier alpha value is -2.05. The van der Waals surface area contributed by atoms with Gasteiger partial charge in [0.15, 0.2) is 0 Å². The number of carbonyl (C=O) groups is 2. The lowest BCUT2D eigenvalue weighted by molar-refractivity contribution is -0.144. The van der Waals surface area contributed by atoms with Crippen molar-refractivity contribution in [3.63, 3.8) is 0 Å². The molecule has 1 aromatic rings. The summed E-state index contributed by atoms with van der Waals surface area (Å²) >= 11 is 0. The number of aliphatic carboxylic acids is 1. The molecule has 7 heteroatoms. The molecule has 1 unspecified atom stereocenters. The number of nitrogens with one attached hydrogen (secondary N) is 1. The van der Waals surface area contributed by atoms with Crippen LogP contribution in [0.15, 0.2) is 12.4 Å². The average Bonchev–Trinajstić information content (AvgIpc) is 2.70. The van der Waals surface area contributed by atoms with Crippen LogP contribution in [0.2, 0.25) is 0 Å². The number of carboxylic acids is 1. The fourth-order valence-electron chi connectivity index (χ4n) is 2.05. The first-order valence-corrected chi connectivity index (χ1v) is 6.20. The minimum Gasteiger partial charge on any atom is -0.481 e. The van der Waals surface area contributed by atoms with Crippen molar-refractivity contribution in [1.82, 2.24) is 20.0 Å². The lowest BCUT2D eigenvalue weighted by atomic mass is 9.87. The molecule has 0 radical (unpaired) electrons. The summed E-state index contributed by atoms with van der Waals surface area (Å²) in [6, 6.07) is -0.155. The highest BCUT2D eigenvalue weighted by molar-refractivity contribution is 5.76. The van der Waals surface area contributed by atoms with Gasteiger partial charge in [0.2, 0.25) is 0 Å². The third-order valence-corrected chi connectivity index (χ3v) is 3.50. The van der Waals surface area contributed by atoms with Gasteiger partial charge in [0.1, 0.15) is 0 Å². The molecular formula is C12H18N4O3. The van der Waals surface area contributed by atoms with Gasteiger partial charge in [-0.1, -0.05) is 6.92 Å². The number of aromatic nitrogens is 2. The van der Waals surface area contributed by atoms with E-state index in [-0.39, 0.29) is 11.9 Å². The predicted octanol–water partition coefficient (Wildman–Crippen LogP) is 0.282. The first-order valence-electron chi connectivity index (χ1n) is 6.20. The van der Waals surface area contributed by atoms with E-state index in [2.05, 4.69) is 10.4 Å². The topological polar surface area (TPSA) is 87.5 Å². The minimum atomic E-state index is -0.805. The van der Waals surface area contributed by atoms with Gasteiger partial charge < -0.3 is 15.3 Å². The highest BCUT2D eigenvalue weighted by Crippen LogP contribution is 2.23. The van der Waals surface area contributed by atoms with E-state index < -0.39 is 11.9 Å². The second-order valence-electron chi connectivity index (χ2n) is 4.97. The molecule has 1 fully saturated rings. The molecule has 0 saturated carbocycles. The van der Waals surface area contributed by atoms with Crippen molar-refractivity contribution in [2.24, 2.45) is 18.9 Å². The molecule has 0 aromatic carbocycles. The SMILES string of the molecule is CC(C(=O)O)C1CN(C(=O)NCc2cnn(C)c2)C1. The highest BCUT2D eigenvalue weighted by Gasteiger charge is 2.36. The van der Waals surface area contributed by atoms with Gasteiger partial charge >= 0.3 is 12.0 Å². The molecule has 0 bridgehead atoms. The van der Waals surface area contributed by atoms with Gasteiger partial charge in [-0.2, -0.15) is 5.10 Å². The molecule has 2 amide bonds. The lowest BCUT2D eigenvalue weighted by Crippen LogP contribution is -2.56. The summed E-state index contributed by atoms with van der Waals surface area (Å²) in [5.74, 6) is -1.15. The molecule has 104 valence electrons. The van der Waals surface area contributed by atoms with Crippen molar-refractivity contribution in [2.45, 2.75) is 13.5 Å². The van der Waals surface area contributed by atoms with E-state index in [0.717, 1.165) is 5.56 Å². The number of carbonyl (C=O) groups excluding carboxylic acids is 1. The second-order valence-corrected chi connectivity index (χ2v) is 4.97. The number of carboxylic acid groups (broad SMARTS) is 1. The summed E-state index contributed by atoms with van der Waals surface area (Å²) in [7, 11) is 1.82. The summed E-state index contributed by atoms with van der Waals surface area (Å²) in [5, 5.41) is 15.7. The minimum absolute atomic E-state index is 0.0571. The van der Waals surface area contributed by atoms with E-state index >= 15 is 0 Å². The fraction of sp³-hybridized carbons (Fsp3) is 0.583. The van der Waals surface area contributed by atoms with Crippen LogP contribution in [0.5, 0.6) is 0 Å². The van der Waals surface area contributed by atoms with E-state index in [1.54, 1.807) is 22.7 Å². The van der Waals surface area contributed by atoms with Crippen LogP contribution in [-0.2, 0) is 18.4 Å². The molecule has 1 aliphatic rings. The Morgan fingerprint density at radius 3 is 2.79 bits per heavy atom. The van der Waals surface area contributed by atoms with Gasteiger partial charge in [-0.05, 0) is 0 Å². The highest BCUT2D eigenvalue weighted by atomic mass is 16.4. The molecule has 1 aromatic heterocycles. The smallest absolute Gasteiger partial charge is 0.317 e. The van der Waals surface area contributed by atoms with E-state index in [4.69, 9.17) is 5.11 Å². The standard InChI is InChI=1S/C12H18N4O3/c1-8(11(17)18)10-6-16(7-10)12(19)13-3-9-4-14-15(2)5-9/h4-5,8,10H,3,6-7H2,1-2H3,(H,13,19)(H,17,18). The molecule has 2 N–H and O–H groups in total. The average molecular weight is 266 g/mol. The number of amides is 2. The van der Waals surface area contributed by atoms with Crippen molar-refractivity contribution in [2.75, 3.05) is 13.1 Å². The van der Waals surface area contributed by atoms with Gasteiger partial charge in [-0.25, -0.2) is 4.79 Å². The maximum absolute atomic E-state index is 11.8. The first-order chi connectivity index (χ1) is 8.97. The summed E-state index contributed by atoms with van der Waals surface area (Å²) in [5.41, 5.74) is 0.937. The van der Waals surface area contributed by atoms with Crippen molar-refractivity contribution in [3.05, 3.63) is 18.0 Å². The molecule has 2 heterocycles. The summed E-state index contributed by atoms with van der Waals surface area (Å²) < 4.78 is 1.68. The van der Waals surface area contributed by atoms with Crippen LogP contribution in [0.3, 0.4) is 0 Å². The third-order valence-electron chi connectivity index (χ3n) is 3.50. The number of rotatable bonds is 4. The van der Waals surface area contributed by atoms with Crippen LogP contribution in [-0.4, -0.2) is 44.9 Å². The van der Waals surface area contributed by atoms with Crippen LogP contribution >= 0.6 is 0 Å². The lowest BCUT2D eigenvalue weighted by Gasteiger charge is -2.41. The Balaban J connectivity index is 1.73. The van der Waals surface area contributed by atoms with Crippen molar-refractivity contribution >= 4 is 12.0 Å². The van der Waals surface area contributed by atoms with E-state index in [1.807, 2.05) is 13.2 Å². The van der Waals surface area contributed by atoms with Gasteiger partial charge in [0, 0.05) is 44.4 Å². The van der Waals surface area contributed by atoms with Crippen LogP contribution < -0.4 is 5.32 Å². The maximum Gasteiger partial charge on any atom is 0.317 e. The zero-order chi connectivity index (χ0) is 14.0. The van der Waals surface area contributed by atoms with E-state index in [1.165, 1.54) is 0 Å². The monoisotopic (exact) mass is 266 g/mol. The van der Waals surface area contributed by atoms with Gasteiger partial charge in [-0.15, -0.1) is 0 Å². The Morgan fingerprint density at radius 1 is 1.58 bits per heavy atom. The number of aryl methyl sites for hydroxylation is 1. The quantitative estimate of drug-likeness (QED) is 0.819. The number of hydrogen-bond acceptors (Lipinski definition) is 3. The second kappa shape index (κ2) is 5.29. The molecule has 19 heavy (non-hydrogen) atoms. The molecule has 7 nitrogen and oxygen atoms in total. The zero-order valence-electron chi connectivity index (χ0n) is 11.0.